The monoisotopic (exact) mass is 256 g/mol. The maximum absolute atomic E-state index is 5.76. The van der Waals surface area contributed by atoms with Gasteiger partial charge in [-0.25, -0.2) is 0 Å². The van der Waals surface area contributed by atoms with Crippen LogP contribution in [0.5, 0.6) is 0 Å². The molecule has 0 bridgehead atoms. The van der Waals surface area contributed by atoms with E-state index in [0.717, 1.165) is 0 Å². The summed E-state index contributed by atoms with van der Waals surface area (Å²) in [5.41, 5.74) is 6.20. The van der Waals surface area contributed by atoms with Crippen LogP contribution >= 0.6 is 23.4 Å². The maximum Gasteiger partial charge on any atom is 0.297 e. The van der Waals surface area contributed by atoms with Crippen molar-refractivity contribution in [1.29, 1.82) is 0 Å². The first kappa shape index (κ1) is 10.9. The van der Waals surface area contributed by atoms with Gasteiger partial charge in [0, 0.05) is 22.4 Å². The lowest BCUT2D eigenvalue weighted by Crippen LogP contribution is -2.14. The van der Waals surface area contributed by atoms with Crippen LogP contribution in [0.2, 0.25) is 5.02 Å². The molecular weight excluding hydrogens is 251 g/mol. The van der Waals surface area contributed by atoms with E-state index in [4.69, 9.17) is 33.5 Å². The fraction of sp³-hybridized carbons (Fsp3) is 0. The van der Waals surface area contributed by atoms with E-state index in [1.165, 1.54) is 0 Å². The molecule has 2 N–H and O–H groups in total. The number of rotatable bonds is 1. The summed E-state index contributed by atoms with van der Waals surface area (Å²) in [4.78, 5) is 7.62. The third kappa shape index (κ3) is 2.32. The summed E-state index contributed by atoms with van der Waals surface area (Å²) < 4.78 is 8.46. The largest absolute Gasteiger partial charge is 0.406 e. The number of hydrogen-bond donors (Lipinski definition) is 1. The highest BCUT2D eigenvalue weighted by Gasteiger charge is 2.04. The van der Waals surface area contributed by atoms with Gasteiger partial charge >= 0.3 is 0 Å². The molecular formula is C9H6Cl2N4O. The third-order valence-electron chi connectivity index (χ3n) is 1.78. The Bertz CT molecular complexity index is 564. The van der Waals surface area contributed by atoms with Crippen LogP contribution in [0.4, 0.5) is 6.01 Å². The van der Waals surface area contributed by atoms with Gasteiger partial charge in [-0.2, -0.15) is 9.97 Å². The molecule has 1 aromatic heterocycles. The molecule has 0 fully saturated rings. The van der Waals surface area contributed by atoms with E-state index in [9.17, 15) is 0 Å². The van der Waals surface area contributed by atoms with E-state index in [1.54, 1.807) is 24.3 Å². The van der Waals surface area contributed by atoms with Gasteiger partial charge in [0.1, 0.15) is 0 Å². The zero-order chi connectivity index (χ0) is 11.5. The average Bonchev–Trinajstić information content (AvgIpc) is 2.29. The second kappa shape index (κ2) is 4.51. The summed E-state index contributed by atoms with van der Waals surface area (Å²) in [6.07, 6.45) is 0. The van der Waals surface area contributed by atoms with Crippen molar-refractivity contribution in [1.82, 2.24) is 9.97 Å². The minimum atomic E-state index is -0.0562. The van der Waals surface area contributed by atoms with Crippen LogP contribution in [0.3, 0.4) is 0 Å². The Morgan fingerprint density at radius 3 is 2.50 bits per heavy atom. The Morgan fingerprint density at radius 1 is 1.19 bits per heavy atom. The molecule has 0 saturated carbocycles. The van der Waals surface area contributed by atoms with E-state index in [2.05, 4.69) is 14.5 Å². The van der Waals surface area contributed by atoms with Crippen molar-refractivity contribution in [2.75, 3.05) is 5.73 Å². The summed E-state index contributed by atoms with van der Waals surface area (Å²) in [5, 5.41) is 0.619. The van der Waals surface area contributed by atoms with Gasteiger partial charge in [-0.05, 0) is 24.3 Å². The highest BCUT2D eigenvalue weighted by atomic mass is 35.5. The van der Waals surface area contributed by atoms with Crippen molar-refractivity contribution in [2.24, 2.45) is 4.51 Å². The quantitative estimate of drug-likeness (QED) is 0.847. The molecule has 5 nitrogen and oxygen atoms in total. The predicted octanol–water partition coefficient (Wildman–Crippen LogP) is 2.03. The number of halogens is 2. The van der Waals surface area contributed by atoms with Crippen LogP contribution in [0.25, 0.3) is 11.5 Å². The standard InChI is InChI=1S/C9H6Cl2N4O/c10-6-3-1-5(2-4-6)7-13-9(15-11)14-8(12)16-7/h1-4H,(H2,12,14,15). The van der Waals surface area contributed by atoms with Crippen molar-refractivity contribution < 1.29 is 4.42 Å². The van der Waals surface area contributed by atoms with Gasteiger partial charge in [-0.15, -0.1) is 4.51 Å². The highest BCUT2D eigenvalue weighted by molar-refractivity contribution is 6.30. The summed E-state index contributed by atoms with van der Waals surface area (Å²) in [7, 11) is 0. The van der Waals surface area contributed by atoms with Gasteiger partial charge < -0.3 is 10.2 Å². The SMILES string of the molecule is Nc1n/c(=N\Cl)nc(-c2ccc(Cl)cc2)o1. The first-order chi connectivity index (χ1) is 7.69. The van der Waals surface area contributed by atoms with Crippen LogP contribution in [0.1, 0.15) is 0 Å². The van der Waals surface area contributed by atoms with Crippen LogP contribution in [-0.4, -0.2) is 9.97 Å². The normalized spacial score (nSPS) is 11.8. The molecule has 2 rings (SSSR count). The molecule has 0 aliphatic carbocycles. The summed E-state index contributed by atoms with van der Waals surface area (Å²) in [6.45, 7) is 0. The summed E-state index contributed by atoms with van der Waals surface area (Å²) in [6, 6.07) is 6.85. The van der Waals surface area contributed by atoms with Crippen LogP contribution < -0.4 is 11.4 Å². The van der Waals surface area contributed by atoms with E-state index < -0.39 is 0 Å². The molecule has 1 heterocycles. The highest BCUT2D eigenvalue weighted by Crippen LogP contribution is 2.19. The second-order valence-corrected chi connectivity index (χ2v) is 3.47. The first-order valence-corrected chi connectivity index (χ1v) is 4.96. The van der Waals surface area contributed by atoms with Crippen molar-refractivity contribution in [3.05, 3.63) is 34.9 Å². The molecule has 82 valence electrons. The second-order valence-electron chi connectivity index (χ2n) is 2.86. The molecule has 0 aliphatic heterocycles. The molecule has 0 unspecified atom stereocenters. The van der Waals surface area contributed by atoms with Gasteiger partial charge in [0.25, 0.3) is 11.6 Å². The van der Waals surface area contributed by atoms with Crippen LogP contribution in [-0.2, 0) is 0 Å². The maximum atomic E-state index is 5.76. The number of aromatic nitrogens is 2. The Labute approximate surface area is 101 Å². The molecule has 0 saturated heterocycles. The fourth-order valence-electron chi connectivity index (χ4n) is 1.11. The first-order valence-electron chi connectivity index (χ1n) is 4.24. The Balaban J connectivity index is 2.56. The molecule has 0 atom stereocenters. The van der Waals surface area contributed by atoms with Crippen LogP contribution in [0.15, 0.2) is 33.2 Å². The van der Waals surface area contributed by atoms with Gasteiger partial charge in [0.2, 0.25) is 5.89 Å². The zero-order valence-corrected chi connectivity index (χ0v) is 9.40. The zero-order valence-electron chi connectivity index (χ0n) is 7.89. The predicted molar refractivity (Wildman–Crippen MR) is 60.6 cm³/mol. The topological polar surface area (TPSA) is 77.3 Å². The molecule has 0 radical (unpaired) electrons. The van der Waals surface area contributed by atoms with Crippen molar-refractivity contribution >= 4 is 29.4 Å². The Kier molecular flexibility index (Phi) is 3.07. The molecule has 0 aliphatic rings. The lowest BCUT2D eigenvalue weighted by molar-refractivity contribution is 0.536. The fourth-order valence-corrected chi connectivity index (χ4v) is 1.31. The van der Waals surface area contributed by atoms with Crippen LogP contribution in [0, 0.1) is 0 Å². The Morgan fingerprint density at radius 2 is 1.88 bits per heavy atom. The third-order valence-corrected chi connectivity index (χ3v) is 2.18. The molecule has 0 amide bonds. The molecule has 7 heteroatoms. The van der Waals surface area contributed by atoms with Crippen molar-refractivity contribution in [3.8, 4) is 11.5 Å². The number of hydrogen-bond acceptors (Lipinski definition) is 5. The number of nitrogen functional groups attached to an aromatic ring is 1. The molecule has 1 aromatic carbocycles. The lowest BCUT2D eigenvalue weighted by Gasteiger charge is -1.99. The van der Waals surface area contributed by atoms with E-state index >= 15 is 0 Å². The van der Waals surface area contributed by atoms with E-state index in [-0.39, 0.29) is 17.5 Å². The average molecular weight is 257 g/mol. The summed E-state index contributed by atoms with van der Waals surface area (Å²) in [5.74, 6) is 0.281. The number of nitrogens with two attached hydrogens (primary N) is 1. The number of benzene rings is 1. The van der Waals surface area contributed by atoms with Gasteiger partial charge in [-0.3, -0.25) is 0 Å². The molecule has 0 spiro atoms. The van der Waals surface area contributed by atoms with Gasteiger partial charge in [0.05, 0.1) is 0 Å². The molecule has 2 aromatic rings. The number of nitrogens with zero attached hydrogens (tertiary/aromatic N) is 3. The lowest BCUT2D eigenvalue weighted by atomic mass is 10.2. The summed E-state index contributed by atoms with van der Waals surface area (Å²) >= 11 is 11.0. The van der Waals surface area contributed by atoms with Crippen molar-refractivity contribution in [3.63, 3.8) is 0 Å². The Hall–Kier alpha value is -1.59. The van der Waals surface area contributed by atoms with Crippen molar-refractivity contribution in [2.45, 2.75) is 0 Å². The van der Waals surface area contributed by atoms with Gasteiger partial charge in [-0.1, -0.05) is 11.6 Å². The smallest absolute Gasteiger partial charge is 0.297 e. The minimum absolute atomic E-state index is 0.0513. The van der Waals surface area contributed by atoms with E-state index in [1.807, 2.05) is 0 Å². The van der Waals surface area contributed by atoms with Gasteiger partial charge in [0.15, 0.2) is 0 Å². The minimum Gasteiger partial charge on any atom is -0.406 e. The van der Waals surface area contributed by atoms with E-state index in [0.29, 0.717) is 10.6 Å². The molecule has 16 heavy (non-hydrogen) atoms. The number of anilines is 1.